The van der Waals surface area contributed by atoms with Crippen LogP contribution in [0.4, 0.5) is 0 Å². The number of carbonyl (C=O) groups excluding carboxylic acids is 3. The van der Waals surface area contributed by atoms with Gasteiger partial charge < -0.3 is 9.15 Å². The monoisotopic (exact) mass is 413 g/mol. The fourth-order valence-electron chi connectivity index (χ4n) is 2.91. The third-order valence-electron chi connectivity index (χ3n) is 4.32. The number of aromatic nitrogens is 2. The molecule has 0 N–H and O–H groups in total. The molecule has 148 valence electrons. The molecular weight excluding hydrogens is 398 g/mol. The number of hydrogen-bond acceptors (Lipinski definition) is 8. The fraction of sp³-hybridized carbons (Fsp3) is 0.211. The molecule has 0 fully saturated rings. The van der Waals surface area contributed by atoms with Crippen LogP contribution in [0.3, 0.4) is 0 Å². The summed E-state index contributed by atoms with van der Waals surface area (Å²) in [5.41, 5.74) is 0.687. The lowest BCUT2D eigenvalue weighted by atomic mass is 10.1. The number of aryl methyl sites for hydroxylation is 1. The molecule has 2 amide bonds. The summed E-state index contributed by atoms with van der Waals surface area (Å²) in [5, 5.41) is 5.89. The average Bonchev–Trinajstić information content (AvgIpc) is 3.43. The normalized spacial score (nSPS) is 13.0. The van der Waals surface area contributed by atoms with Gasteiger partial charge in [0.25, 0.3) is 17.7 Å². The van der Waals surface area contributed by atoms with Gasteiger partial charge >= 0.3 is 11.7 Å². The number of rotatable bonds is 7. The molecule has 2 aromatic heterocycles. The Labute approximate surface area is 168 Å². The molecule has 3 heterocycles. The van der Waals surface area contributed by atoms with Gasteiger partial charge in [-0.1, -0.05) is 18.2 Å². The van der Waals surface area contributed by atoms with E-state index in [4.69, 9.17) is 9.15 Å². The van der Waals surface area contributed by atoms with Gasteiger partial charge in [0.05, 0.1) is 35.5 Å². The van der Waals surface area contributed by atoms with Crippen molar-refractivity contribution in [1.29, 1.82) is 0 Å². The number of benzene rings is 1. The summed E-state index contributed by atoms with van der Waals surface area (Å²) in [6, 6.07) is 10.1. The Hall–Kier alpha value is -3.53. The van der Waals surface area contributed by atoms with E-state index in [0.717, 1.165) is 9.58 Å². The number of nitrogens with zero attached hydrogens (tertiary/aromatic N) is 3. The van der Waals surface area contributed by atoms with Crippen molar-refractivity contribution in [3.05, 3.63) is 63.5 Å². The van der Waals surface area contributed by atoms with Crippen LogP contribution in [-0.4, -0.2) is 45.6 Å². The minimum absolute atomic E-state index is 0.000438. The van der Waals surface area contributed by atoms with Gasteiger partial charge in [-0.05, 0) is 23.6 Å². The van der Waals surface area contributed by atoms with Crippen molar-refractivity contribution in [2.24, 2.45) is 0 Å². The highest BCUT2D eigenvalue weighted by Gasteiger charge is 2.34. The minimum atomic E-state index is -0.660. The first-order valence-corrected chi connectivity index (χ1v) is 9.65. The van der Waals surface area contributed by atoms with Crippen LogP contribution in [-0.2, 0) is 16.1 Å². The van der Waals surface area contributed by atoms with Crippen LogP contribution in [0.15, 0.2) is 51.0 Å². The van der Waals surface area contributed by atoms with Gasteiger partial charge in [0.15, 0.2) is 0 Å². The third-order valence-corrected chi connectivity index (χ3v) is 5.18. The van der Waals surface area contributed by atoms with Crippen molar-refractivity contribution in [1.82, 2.24) is 14.7 Å². The fourth-order valence-corrected chi connectivity index (χ4v) is 3.55. The van der Waals surface area contributed by atoms with Crippen LogP contribution in [0.25, 0.3) is 10.8 Å². The van der Waals surface area contributed by atoms with Crippen molar-refractivity contribution >= 4 is 29.1 Å². The lowest BCUT2D eigenvalue weighted by molar-refractivity contribution is -0.144. The van der Waals surface area contributed by atoms with Crippen molar-refractivity contribution in [2.45, 2.75) is 13.0 Å². The lowest BCUT2D eigenvalue weighted by Gasteiger charge is -2.13. The number of thiophene rings is 1. The smallest absolute Gasteiger partial charge is 0.437 e. The van der Waals surface area contributed by atoms with Crippen LogP contribution in [0.1, 0.15) is 27.1 Å². The molecule has 0 bridgehead atoms. The van der Waals surface area contributed by atoms with Gasteiger partial charge in [-0.2, -0.15) is 4.68 Å². The van der Waals surface area contributed by atoms with Crippen LogP contribution < -0.4 is 5.76 Å². The van der Waals surface area contributed by atoms with E-state index >= 15 is 0 Å². The molecule has 1 aliphatic heterocycles. The Balaban J connectivity index is 1.27. The standard InChI is InChI=1S/C19H15N3O6S/c23-15(7-8-22-19(26)28-16(20-22)14-6-3-11-29-14)27-10-9-21-17(24)12-4-1-2-5-13(12)18(21)25/h1-6,11H,7-10H2. The Morgan fingerprint density at radius 3 is 2.41 bits per heavy atom. The van der Waals surface area contributed by atoms with Crippen molar-refractivity contribution in [2.75, 3.05) is 13.2 Å². The average molecular weight is 413 g/mol. The van der Waals surface area contributed by atoms with Crippen LogP contribution >= 0.6 is 11.3 Å². The van der Waals surface area contributed by atoms with E-state index in [1.54, 1.807) is 30.3 Å². The largest absolute Gasteiger partial charge is 0.464 e. The van der Waals surface area contributed by atoms with E-state index < -0.39 is 23.5 Å². The maximum atomic E-state index is 12.2. The predicted molar refractivity (Wildman–Crippen MR) is 101 cm³/mol. The molecule has 0 saturated carbocycles. The van der Waals surface area contributed by atoms with Crippen LogP contribution in [0.2, 0.25) is 0 Å². The minimum Gasteiger partial charge on any atom is -0.464 e. The summed E-state index contributed by atoms with van der Waals surface area (Å²) in [7, 11) is 0. The van der Waals surface area contributed by atoms with Gasteiger partial charge in [-0.3, -0.25) is 19.3 Å². The summed E-state index contributed by atoms with van der Waals surface area (Å²) in [6.45, 7) is -0.164. The second-order valence-corrected chi connectivity index (χ2v) is 7.10. The first kappa shape index (κ1) is 18.8. The number of hydrogen-bond donors (Lipinski definition) is 0. The SMILES string of the molecule is O=C(CCn1nc(-c2cccs2)oc1=O)OCCN1C(=O)c2ccccc2C1=O. The second kappa shape index (κ2) is 7.84. The summed E-state index contributed by atoms with van der Waals surface area (Å²) in [6.07, 6.45) is -0.0988. The van der Waals surface area contributed by atoms with E-state index in [1.807, 2.05) is 11.4 Å². The zero-order valence-electron chi connectivity index (χ0n) is 15.1. The maximum absolute atomic E-state index is 12.2. The first-order valence-electron chi connectivity index (χ1n) is 8.77. The summed E-state index contributed by atoms with van der Waals surface area (Å²) in [4.78, 5) is 50.0. The van der Waals surface area contributed by atoms with Gasteiger partial charge in [0, 0.05) is 0 Å². The summed E-state index contributed by atoms with van der Waals surface area (Å²) in [5.74, 6) is -1.85. The van der Waals surface area contributed by atoms with Gasteiger partial charge in [0.2, 0.25) is 0 Å². The quantitative estimate of drug-likeness (QED) is 0.429. The topological polar surface area (TPSA) is 112 Å². The molecule has 10 heteroatoms. The molecule has 9 nitrogen and oxygen atoms in total. The molecule has 1 aromatic carbocycles. The molecule has 0 spiro atoms. The number of ether oxygens (including phenoxy) is 1. The Kier molecular flexibility index (Phi) is 5.09. The van der Waals surface area contributed by atoms with Gasteiger partial charge in [-0.15, -0.1) is 16.4 Å². The van der Waals surface area contributed by atoms with E-state index in [2.05, 4.69) is 5.10 Å². The van der Waals surface area contributed by atoms with Crippen LogP contribution in [0.5, 0.6) is 0 Å². The Morgan fingerprint density at radius 1 is 1.03 bits per heavy atom. The molecule has 0 aliphatic carbocycles. The lowest BCUT2D eigenvalue weighted by Crippen LogP contribution is -2.33. The summed E-state index contributed by atoms with van der Waals surface area (Å²) < 4.78 is 11.2. The molecule has 0 saturated heterocycles. The molecule has 4 rings (SSSR count). The molecule has 0 unspecified atom stereocenters. The van der Waals surface area contributed by atoms with Gasteiger partial charge in [-0.25, -0.2) is 4.79 Å². The zero-order chi connectivity index (χ0) is 20.4. The molecule has 0 radical (unpaired) electrons. The molecular formula is C19H15N3O6S. The molecule has 1 aliphatic rings. The highest BCUT2D eigenvalue weighted by Crippen LogP contribution is 2.22. The van der Waals surface area contributed by atoms with E-state index in [9.17, 15) is 19.2 Å². The first-order chi connectivity index (χ1) is 14.0. The van der Waals surface area contributed by atoms with Crippen molar-refractivity contribution in [3.8, 4) is 10.8 Å². The number of amides is 2. The summed E-state index contributed by atoms with van der Waals surface area (Å²) >= 11 is 1.38. The number of imide groups is 1. The Bertz CT molecular complexity index is 1100. The van der Waals surface area contributed by atoms with Gasteiger partial charge in [0.1, 0.15) is 6.61 Å². The van der Waals surface area contributed by atoms with Crippen molar-refractivity contribution < 1.29 is 23.5 Å². The highest BCUT2D eigenvalue weighted by molar-refractivity contribution is 7.13. The zero-order valence-corrected chi connectivity index (χ0v) is 15.9. The number of fused-ring (bicyclic) bond motifs is 1. The van der Waals surface area contributed by atoms with E-state index in [-0.39, 0.29) is 32.0 Å². The van der Waals surface area contributed by atoms with E-state index in [1.165, 1.54) is 11.3 Å². The molecule has 0 atom stereocenters. The third kappa shape index (κ3) is 3.74. The Morgan fingerprint density at radius 2 is 1.76 bits per heavy atom. The second-order valence-electron chi connectivity index (χ2n) is 6.15. The highest BCUT2D eigenvalue weighted by atomic mass is 32.1. The molecule has 3 aromatic rings. The number of esters is 1. The predicted octanol–water partition coefficient (Wildman–Crippen LogP) is 1.79. The van der Waals surface area contributed by atoms with Crippen molar-refractivity contribution in [3.63, 3.8) is 0 Å². The number of carbonyl (C=O) groups is 3. The maximum Gasteiger partial charge on any atom is 0.437 e. The van der Waals surface area contributed by atoms with E-state index in [0.29, 0.717) is 16.0 Å². The van der Waals surface area contributed by atoms with Crippen LogP contribution in [0, 0.1) is 0 Å². The molecule has 29 heavy (non-hydrogen) atoms.